The molecule has 2 aromatic rings. The molecular weight excluding hydrogens is 296 g/mol. The molecule has 8 heteroatoms. The fourth-order valence-electron chi connectivity index (χ4n) is 1.61. The summed E-state index contributed by atoms with van der Waals surface area (Å²) in [6.07, 6.45) is 0. The molecule has 2 rings (SSSR count). The molecule has 112 valence electrons. The number of benzene rings is 1. The predicted molar refractivity (Wildman–Crippen MR) is 78.8 cm³/mol. The van der Waals surface area contributed by atoms with Gasteiger partial charge in [-0.1, -0.05) is 0 Å². The highest BCUT2D eigenvalue weighted by molar-refractivity contribution is 6.28. The van der Waals surface area contributed by atoms with E-state index in [4.69, 9.17) is 25.8 Å². The third kappa shape index (κ3) is 3.85. The summed E-state index contributed by atoms with van der Waals surface area (Å²) >= 11 is 5.85. The molecule has 1 aromatic carbocycles. The first kappa shape index (κ1) is 15.1. The van der Waals surface area contributed by atoms with E-state index in [0.717, 1.165) is 0 Å². The number of rotatable bonds is 6. The highest BCUT2D eigenvalue weighted by Crippen LogP contribution is 2.31. The average Bonchev–Trinajstić information content (AvgIpc) is 2.47. The molecule has 0 fully saturated rings. The van der Waals surface area contributed by atoms with E-state index in [9.17, 15) is 0 Å². The van der Waals surface area contributed by atoms with Crippen molar-refractivity contribution in [1.29, 1.82) is 0 Å². The molecule has 0 amide bonds. The summed E-state index contributed by atoms with van der Waals surface area (Å²) < 4.78 is 15.7. The lowest BCUT2D eigenvalue weighted by Crippen LogP contribution is -2.04. The Bertz CT molecular complexity index is 624. The summed E-state index contributed by atoms with van der Waals surface area (Å²) in [5.41, 5.74) is 0.640. The molecule has 1 aromatic heterocycles. The van der Waals surface area contributed by atoms with Crippen molar-refractivity contribution < 1.29 is 14.2 Å². The molecule has 0 aliphatic carbocycles. The van der Waals surface area contributed by atoms with Crippen LogP contribution in [0.15, 0.2) is 18.2 Å². The van der Waals surface area contributed by atoms with E-state index in [1.165, 1.54) is 0 Å². The number of hydrogen-bond acceptors (Lipinski definition) is 7. The monoisotopic (exact) mass is 310 g/mol. The van der Waals surface area contributed by atoms with Crippen molar-refractivity contribution in [3.05, 3.63) is 23.5 Å². The van der Waals surface area contributed by atoms with Gasteiger partial charge in [-0.3, -0.25) is 0 Å². The fraction of sp³-hybridized carbons (Fsp3) is 0.308. The number of nitrogens with zero attached hydrogens (tertiary/aromatic N) is 3. The predicted octanol–water partition coefficient (Wildman–Crippen LogP) is 2.68. The molecule has 0 saturated heterocycles. The van der Waals surface area contributed by atoms with Crippen LogP contribution in [0.25, 0.3) is 0 Å². The van der Waals surface area contributed by atoms with Crippen molar-refractivity contribution >= 4 is 23.2 Å². The van der Waals surface area contributed by atoms with Crippen molar-refractivity contribution in [2.45, 2.75) is 6.92 Å². The van der Waals surface area contributed by atoms with E-state index in [2.05, 4.69) is 20.3 Å². The Balaban J connectivity index is 2.32. The fourth-order valence-corrected chi connectivity index (χ4v) is 1.77. The van der Waals surface area contributed by atoms with E-state index in [-0.39, 0.29) is 17.2 Å². The number of ether oxygens (including phenoxy) is 3. The molecule has 1 heterocycles. The van der Waals surface area contributed by atoms with Gasteiger partial charge in [0.25, 0.3) is 0 Å². The summed E-state index contributed by atoms with van der Waals surface area (Å²) in [5.74, 6) is 1.54. The Labute approximate surface area is 127 Å². The van der Waals surface area contributed by atoms with E-state index < -0.39 is 0 Å². The van der Waals surface area contributed by atoms with Gasteiger partial charge in [0, 0.05) is 6.07 Å². The van der Waals surface area contributed by atoms with Gasteiger partial charge in [0.1, 0.15) is 11.5 Å². The third-order valence-electron chi connectivity index (χ3n) is 2.51. The summed E-state index contributed by atoms with van der Waals surface area (Å²) in [6.45, 7) is 2.26. The molecule has 0 atom stereocenters. The second-order valence-corrected chi connectivity index (χ2v) is 4.17. The van der Waals surface area contributed by atoms with Gasteiger partial charge in [0.15, 0.2) is 0 Å². The smallest absolute Gasteiger partial charge is 0.322 e. The maximum absolute atomic E-state index is 5.85. The minimum absolute atomic E-state index is 0.0396. The third-order valence-corrected chi connectivity index (χ3v) is 2.68. The largest absolute Gasteiger partial charge is 0.497 e. The standard InChI is InChI=1S/C13H15ClN4O3/c1-4-21-13-17-11(14)16-12(18-13)15-9-7-8(19-2)5-6-10(9)20-3/h5-7H,4H2,1-3H3,(H,15,16,17,18). The van der Waals surface area contributed by atoms with Crippen molar-refractivity contribution in [2.24, 2.45) is 0 Å². The Kier molecular flexibility index (Phi) is 4.99. The highest BCUT2D eigenvalue weighted by atomic mass is 35.5. The van der Waals surface area contributed by atoms with Crippen LogP contribution in [0.1, 0.15) is 6.92 Å². The van der Waals surface area contributed by atoms with E-state index in [1.54, 1.807) is 32.4 Å². The molecule has 0 saturated carbocycles. The van der Waals surface area contributed by atoms with Crippen LogP contribution in [0.3, 0.4) is 0 Å². The van der Waals surface area contributed by atoms with Crippen LogP contribution in [-0.2, 0) is 0 Å². The topological polar surface area (TPSA) is 78.4 Å². The molecule has 0 aliphatic rings. The number of hydrogen-bond donors (Lipinski definition) is 1. The normalized spacial score (nSPS) is 10.1. The van der Waals surface area contributed by atoms with Crippen LogP contribution in [0.5, 0.6) is 17.5 Å². The lowest BCUT2D eigenvalue weighted by Gasteiger charge is -2.12. The molecule has 1 N–H and O–H groups in total. The number of aromatic nitrogens is 3. The van der Waals surface area contributed by atoms with Crippen molar-refractivity contribution in [1.82, 2.24) is 15.0 Å². The van der Waals surface area contributed by atoms with Gasteiger partial charge in [-0.15, -0.1) is 0 Å². The first-order valence-electron chi connectivity index (χ1n) is 6.19. The Morgan fingerprint density at radius 3 is 2.62 bits per heavy atom. The lowest BCUT2D eigenvalue weighted by molar-refractivity contribution is 0.312. The quantitative estimate of drug-likeness (QED) is 0.878. The van der Waals surface area contributed by atoms with Gasteiger partial charge < -0.3 is 19.5 Å². The molecule has 0 radical (unpaired) electrons. The molecule has 0 spiro atoms. The average molecular weight is 311 g/mol. The van der Waals surface area contributed by atoms with Crippen LogP contribution in [0.4, 0.5) is 11.6 Å². The van der Waals surface area contributed by atoms with Gasteiger partial charge in [0.2, 0.25) is 11.2 Å². The Morgan fingerprint density at radius 2 is 1.95 bits per heavy atom. The number of halogens is 1. The molecule has 7 nitrogen and oxygen atoms in total. The zero-order chi connectivity index (χ0) is 15.2. The van der Waals surface area contributed by atoms with Crippen LogP contribution < -0.4 is 19.5 Å². The van der Waals surface area contributed by atoms with Crippen molar-refractivity contribution in [3.8, 4) is 17.5 Å². The zero-order valence-corrected chi connectivity index (χ0v) is 12.6. The molecule has 0 unspecified atom stereocenters. The number of anilines is 2. The number of nitrogens with one attached hydrogen (secondary N) is 1. The van der Waals surface area contributed by atoms with E-state index >= 15 is 0 Å². The lowest BCUT2D eigenvalue weighted by atomic mass is 10.2. The molecule has 0 aliphatic heterocycles. The van der Waals surface area contributed by atoms with Gasteiger partial charge >= 0.3 is 6.01 Å². The van der Waals surface area contributed by atoms with Crippen LogP contribution in [0, 0.1) is 0 Å². The van der Waals surface area contributed by atoms with E-state index in [0.29, 0.717) is 23.8 Å². The SMILES string of the molecule is CCOc1nc(Cl)nc(Nc2cc(OC)ccc2OC)n1. The van der Waals surface area contributed by atoms with Gasteiger partial charge in [0.05, 0.1) is 26.5 Å². The summed E-state index contributed by atoms with van der Waals surface area (Å²) in [5, 5.41) is 3.05. The molecule has 21 heavy (non-hydrogen) atoms. The van der Waals surface area contributed by atoms with Crippen molar-refractivity contribution in [3.63, 3.8) is 0 Å². The first-order chi connectivity index (χ1) is 10.2. The summed E-state index contributed by atoms with van der Waals surface area (Å²) in [6, 6.07) is 5.47. The Morgan fingerprint density at radius 1 is 1.14 bits per heavy atom. The Hall–Kier alpha value is -2.28. The van der Waals surface area contributed by atoms with Gasteiger partial charge in [-0.25, -0.2) is 0 Å². The highest BCUT2D eigenvalue weighted by Gasteiger charge is 2.10. The maximum atomic E-state index is 5.85. The van der Waals surface area contributed by atoms with Gasteiger partial charge in [-0.05, 0) is 30.7 Å². The summed E-state index contributed by atoms with van der Waals surface area (Å²) in [7, 11) is 3.15. The maximum Gasteiger partial charge on any atom is 0.322 e. The minimum atomic E-state index is 0.0396. The molecular formula is C13H15ClN4O3. The van der Waals surface area contributed by atoms with Crippen LogP contribution >= 0.6 is 11.6 Å². The second-order valence-electron chi connectivity index (χ2n) is 3.83. The molecule has 0 bridgehead atoms. The minimum Gasteiger partial charge on any atom is -0.497 e. The zero-order valence-electron chi connectivity index (χ0n) is 11.9. The summed E-state index contributed by atoms with van der Waals surface area (Å²) in [4.78, 5) is 12.0. The second kappa shape index (κ2) is 6.94. The van der Waals surface area contributed by atoms with Crippen LogP contribution in [-0.4, -0.2) is 35.8 Å². The van der Waals surface area contributed by atoms with E-state index in [1.807, 2.05) is 6.92 Å². The van der Waals surface area contributed by atoms with Crippen molar-refractivity contribution in [2.75, 3.05) is 26.1 Å². The van der Waals surface area contributed by atoms with Crippen LogP contribution in [0.2, 0.25) is 5.28 Å². The first-order valence-corrected chi connectivity index (χ1v) is 6.57. The number of methoxy groups -OCH3 is 2. The van der Waals surface area contributed by atoms with Gasteiger partial charge in [-0.2, -0.15) is 15.0 Å².